The molecule has 0 radical (unpaired) electrons. The topological polar surface area (TPSA) is 174 Å². The first-order chi connectivity index (χ1) is 5.41. The predicted octanol–water partition coefficient (Wildman–Crippen LogP) is -4.32. The number of rotatable bonds is 4. The van der Waals surface area contributed by atoms with Gasteiger partial charge in [-0.1, -0.05) is 0 Å². The molecule has 14 heteroatoms. The summed E-state index contributed by atoms with van der Waals surface area (Å²) in [7, 11) is -16.5. The summed E-state index contributed by atoms with van der Waals surface area (Å²) < 4.78 is 36.1. The van der Waals surface area contributed by atoms with Gasteiger partial charge in [0.05, 0.1) is 0 Å². The van der Waals surface area contributed by atoms with Gasteiger partial charge in [0.25, 0.3) is 7.82 Å². The van der Waals surface area contributed by atoms with E-state index in [1.54, 1.807) is 0 Å². The van der Waals surface area contributed by atoms with Gasteiger partial charge in [-0.2, -0.15) is 4.31 Å². The standard InChI is InChI=1S/Li.H5O10P3/c;1-11(2,3)9-13(7,8)10-12(4,5)6/h;(H,7,8)(H2,1,2,3)(H2,4,5,6)/q+1;/p-1. The summed E-state index contributed by atoms with van der Waals surface area (Å²) in [6.07, 6.45) is 0. The third-order valence-electron chi connectivity index (χ3n) is 0.416. The average Bonchev–Trinajstić information content (AvgIpc) is 1.43. The Morgan fingerprint density at radius 2 is 1.29 bits per heavy atom. The Morgan fingerprint density at radius 3 is 1.50 bits per heavy atom. The number of hydrogen-bond donors (Lipinski definition) is 4. The Bertz CT molecular complexity index is 277. The van der Waals surface area contributed by atoms with E-state index in [0.717, 1.165) is 0 Å². The van der Waals surface area contributed by atoms with E-state index in [0.29, 0.717) is 0 Å². The Morgan fingerprint density at radius 1 is 0.929 bits per heavy atom. The van der Waals surface area contributed by atoms with Crippen molar-refractivity contribution in [3.63, 3.8) is 0 Å². The zero-order valence-corrected chi connectivity index (χ0v) is 9.26. The maximum absolute atomic E-state index is 10.3. The molecular formula is H4LiO10P3. The van der Waals surface area contributed by atoms with Gasteiger partial charge in [-0.15, -0.1) is 0 Å². The molecule has 0 aliphatic carbocycles. The van der Waals surface area contributed by atoms with Gasteiger partial charge in [0.15, 0.2) is 0 Å². The molecule has 0 heterocycles. The molecule has 0 aromatic rings. The molecule has 0 fully saturated rings. The Labute approximate surface area is 89.5 Å². The van der Waals surface area contributed by atoms with Crippen LogP contribution in [0.2, 0.25) is 0 Å². The van der Waals surface area contributed by atoms with E-state index in [1.807, 2.05) is 0 Å². The van der Waals surface area contributed by atoms with E-state index in [4.69, 9.17) is 19.6 Å². The summed E-state index contributed by atoms with van der Waals surface area (Å²) in [6.45, 7) is 0. The summed E-state index contributed by atoms with van der Waals surface area (Å²) in [4.78, 5) is 41.9. The Kier molecular flexibility index (Phi) is 6.68. The van der Waals surface area contributed by atoms with Crippen molar-refractivity contribution in [2.24, 2.45) is 0 Å². The smallest absolute Gasteiger partial charge is 0.756 e. The molecule has 0 amide bonds. The molecule has 0 spiro atoms. The molecule has 0 aliphatic rings. The van der Waals surface area contributed by atoms with Crippen LogP contribution in [0.1, 0.15) is 0 Å². The second-order valence-corrected chi connectivity index (χ2v) is 5.75. The molecule has 0 rings (SSSR count). The molecule has 0 bridgehead atoms. The molecule has 80 valence electrons. The molecule has 10 nitrogen and oxygen atoms in total. The van der Waals surface area contributed by atoms with Crippen LogP contribution in [0.25, 0.3) is 0 Å². The van der Waals surface area contributed by atoms with Crippen LogP contribution < -0.4 is 23.8 Å². The van der Waals surface area contributed by atoms with E-state index < -0.39 is 23.5 Å². The maximum Gasteiger partial charge on any atom is 1.00 e. The average molecular weight is 264 g/mol. The Hall–Kier alpha value is 1.01. The summed E-state index contributed by atoms with van der Waals surface area (Å²) in [5, 5.41) is 0. The molecule has 0 saturated heterocycles. The number of phosphoric acid groups is 3. The molecule has 2 unspecified atom stereocenters. The molecular weight excluding hydrogens is 260 g/mol. The quantitative estimate of drug-likeness (QED) is 0.287. The van der Waals surface area contributed by atoms with Gasteiger partial charge in [0.1, 0.15) is 0 Å². The van der Waals surface area contributed by atoms with Gasteiger partial charge < -0.3 is 24.5 Å². The minimum atomic E-state index is -5.60. The summed E-state index contributed by atoms with van der Waals surface area (Å²) in [6, 6.07) is 0. The number of hydrogen-bond acceptors (Lipinski definition) is 6. The van der Waals surface area contributed by atoms with Crippen molar-refractivity contribution < 1.29 is 65.6 Å². The van der Waals surface area contributed by atoms with Crippen molar-refractivity contribution in [2.75, 3.05) is 0 Å². The molecule has 2 atom stereocenters. The Balaban J connectivity index is 0. The summed E-state index contributed by atoms with van der Waals surface area (Å²) in [5.74, 6) is 0. The van der Waals surface area contributed by atoms with Crippen LogP contribution in [0.4, 0.5) is 0 Å². The van der Waals surface area contributed by atoms with Crippen LogP contribution in [0.15, 0.2) is 0 Å². The van der Waals surface area contributed by atoms with E-state index in [1.165, 1.54) is 0 Å². The monoisotopic (exact) mass is 264 g/mol. The van der Waals surface area contributed by atoms with Crippen molar-refractivity contribution in [1.29, 1.82) is 0 Å². The molecule has 0 aromatic carbocycles. The van der Waals surface area contributed by atoms with Crippen molar-refractivity contribution in [2.45, 2.75) is 0 Å². The molecule has 0 saturated carbocycles. The van der Waals surface area contributed by atoms with Crippen molar-refractivity contribution >= 4 is 23.5 Å². The van der Waals surface area contributed by atoms with E-state index >= 15 is 0 Å². The zero-order chi connectivity index (χ0) is 10.9. The zero-order valence-electron chi connectivity index (χ0n) is 6.58. The first-order valence-corrected chi connectivity index (χ1v) is 6.78. The van der Waals surface area contributed by atoms with Gasteiger partial charge in [-0.05, 0) is 0 Å². The largest absolute Gasteiger partial charge is 1.00 e. The van der Waals surface area contributed by atoms with Crippen LogP contribution in [0.3, 0.4) is 0 Å². The third-order valence-corrected chi connectivity index (χ3v) is 3.74. The van der Waals surface area contributed by atoms with Gasteiger partial charge in [-0.3, -0.25) is 4.57 Å². The van der Waals surface area contributed by atoms with Crippen LogP contribution >= 0.6 is 23.5 Å². The minimum Gasteiger partial charge on any atom is -0.756 e. The van der Waals surface area contributed by atoms with Crippen LogP contribution in [0, 0.1) is 0 Å². The fraction of sp³-hybridized carbons (Fsp3) is 0. The fourth-order valence-electron chi connectivity index (χ4n) is 0.280. The van der Waals surface area contributed by atoms with E-state index in [2.05, 4.69) is 8.62 Å². The predicted molar refractivity (Wildman–Crippen MR) is 33.9 cm³/mol. The van der Waals surface area contributed by atoms with Gasteiger partial charge in [0.2, 0.25) is 0 Å². The van der Waals surface area contributed by atoms with Crippen LogP contribution in [0.5, 0.6) is 0 Å². The first kappa shape index (κ1) is 17.4. The normalized spacial score (nSPS) is 20.4. The van der Waals surface area contributed by atoms with Crippen molar-refractivity contribution in [3.8, 4) is 0 Å². The van der Waals surface area contributed by atoms with Crippen molar-refractivity contribution in [1.82, 2.24) is 0 Å². The van der Waals surface area contributed by atoms with E-state index in [9.17, 15) is 18.6 Å². The summed E-state index contributed by atoms with van der Waals surface area (Å²) in [5.41, 5.74) is 0. The first-order valence-electron chi connectivity index (χ1n) is 2.26. The second kappa shape index (κ2) is 5.37. The minimum absolute atomic E-state index is 0. The maximum atomic E-state index is 10.3. The van der Waals surface area contributed by atoms with Crippen LogP contribution in [-0.2, 0) is 22.3 Å². The van der Waals surface area contributed by atoms with E-state index in [-0.39, 0.29) is 18.9 Å². The fourth-order valence-corrected chi connectivity index (χ4v) is 2.79. The molecule has 0 aromatic heterocycles. The SMILES string of the molecule is O=P([O-])(O)OP(=O)(O)OP(=O)(O)O.[Li+]. The van der Waals surface area contributed by atoms with Gasteiger partial charge in [-0.25, -0.2) is 13.4 Å². The second-order valence-electron chi connectivity index (χ2n) is 1.59. The molecule has 0 aliphatic heterocycles. The van der Waals surface area contributed by atoms with Crippen molar-refractivity contribution in [3.05, 3.63) is 0 Å². The van der Waals surface area contributed by atoms with Gasteiger partial charge >= 0.3 is 34.5 Å². The van der Waals surface area contributed by atoms with Gasteiger partial charge in [0, 0.05) is 0 Å². The third kappa shape index (κ3) is 11.1. The van der Waals surface area contributed by atoms with Crippen LogP contribution in [-0.4, -0.2) is 19.6 Å². The molecule has 4 N–H and O–H groups in total. The molecule has 14 heavy (non-hydrogen) atoms. The summed E-state index contributed by atoms with van der Waals surface area (Å²) >= 11 is 0.